The zero-order valence-corrected chi connectivity index (χ0v) is 17.5. The number of nitrogens with zero attached hydrogens (tertiary/aromatic N) is 2. The molecule has 0 unspecified atom stereocenters. The van der Waals surface area contributed by atoms with Gasteiger partial charge in [0.2, 0.25) is 0 Å². The van der Waals surface area contributed by atoms with Crippen molar-refractivity contribution in [2.45, 2.75) is 6.04 Å². The lowest BCUT2D eigenvalue weighted by molar-refractivity contribution is -0.140. The highest BCUT2D eigenvalue weighted by Gasteiger charge is 2.46. The van der Waals surface area contributed by atoms with E-state index in [1.54, 1.807) is 30.3 Å². The van der Waals surface area contributed by atoms with Crippen LogP contribution in [0.4, 0.5) is 4.39 Å². The fourth-order valence-electron chi connectivity index (χ4n) is 3.97. The second-order valence-corrected chi connectivity index (χ2v) is 7.91. The Labute approximate surface area is 184 Å². The van der Waals surface area contributed by atoms with E-state index in [0.717, 1.165) is 13.1 Å². The highest BCUT2D eigenvalue weighted by molar-refractivity contribution is 6.46. The third-order valence-corrected chi connectivity index (χ3v) is 5.87. The van der Waals surface area contributed by atoms with Crippen molar-refractivity contribution in [3.63, 3.8) is 0 Å². The van der Waals surface area contributed by atoms with Crippen LogP contribution in [0.3, 0.4) is 0 Å². The predicted molar refractivity (Wildman–Crippen MR) is 114 cm³/mol. The minimum Gasteiger partial charge on any atom is -0.507 e. The number of benzene rings is 2. The SMILES string of the molecule is O=C1C(=O)N(CCN2CCOCC2)[C@H](c2ccccc2F)C1=C(O)c1ccc(Cl)cc1. The average molecular weight is 445 g/mol. The van der Waals surface area contributed by atoms with Crippen molar-refractivity contribution < 1.29 is 23.8 Å². The molecular formula is C23H22ClFN2O4. The molecule has 0 aliphatic carbocycles. The summed E-state index contributed by atoms with van der Waals surface area (Å²) in [6.07, 6.45) is 0. The molecule has 2 aromatic rings. The molecule has 0 aromatic heterocycles. The van der Waals surface area contributed by atoms with Crippen LogP contribution in [-0.4, -0.2) is 66.0 Å². The van der Waals surface area contributed by atoms with Crippen LogP contribution in [0.2, 0.25) is 5.02 Å². The van der Waals surface area contributed by atoms with Crippen LogP contribution in [-0.2, 0) is 14.3 Å². The van der Waals surface area contributed by atoms with E-state index in [4.69, 9.17) is 16.3 Å². The van der Waals surface area contributed by atoms with E-state index in [-0.39, 0.29) is 23.4 Å². The molecule has 31 heavy (non-hydrogen) atoms. The molecule has 0 spiro atoms. The summed E-state index contributed by atoms with van der Waals surface area (Å²) in [5.41, 5.74) is 0.371. The first-order valence-corrected chi connectivity index (χ1v) is 10.4. The van der Waals surface area contributed by atoms with Crippen LogP contribution < -0.4 is 0 Å². The summed E-state index contributed by atoms with van der Waals surface area (Å²) >= 11 is 5.92. The number of aliphatic hydroxyl groups excluding tert-OH is 1. The summed E-state index contributed by atoms with van der Waals surface area (Å²) in [5.74, 6) is -2.48. The van der Waals surface area contributed by atoms with Crippen molar-refractivity contribution in [2.75, 3.05) is 39.4 Å². The van der Waals surface area contributed by atoms with Gasteiger partial charge in [-0.15, -0.1) is 0 Å². The van der Waals surface area contributed by atoms with Gasteiger partial charge >= 0.3 is 0 Å². The number of Topliss-reactive ketones (excluding diaryl/α,β-unsaturated/α-hetero) is 1. The molecule has 0 saturated carbocycles. The minimum absolute atomic E-state index is 0.126. The van der Waals surface area contributed by atoms with Gasteiger partial charge in [0.05, 0.1) is 24.8 Å². The second kappa shape index (κ2) is 9.18. The number of likely N-dealkylation sites (tertiary alicyclic amines) is 1. The Bertz CT molecular complexity index is 1020. The molecule has 162 valence electrons. The number of ether oxygens (including phenoxy) is 1. The first kappa shape index (κ1) is 21.5. The Kier molecular flexibility index (Phi) is 6.36. The first-order valence-electron chi connectivity index (χ1n) is 10.1. The van der Waals surface area contributed by atoms with Gasteiger partial charge in [-0.25, -0.2) is 4.39 Å². The third-order valence-electron chi connectivity index (χ3n) is 5.62. The molecule has 2 heterocycles. The van der Waals surface area contributed by atoms with E-state index in [9.17, 15) is 19.1 Å². The van der Waals surface area contributed by atoms with Crippen molar-refractivity contribution in [1.29, 1.82) is 0 Å². The largest absolute Gasteiger partial charge is 0.507 e. The van der Waals surface area contributed by atoms with Crippen molar-refractivity contribution in [2.24, 2.45) is 0 Å². The Morgan fingerprint density at radius 1 is 1.06 bits per heavy atom. The maximum absolute atomic E-state index is 14.8. The summed E-state index contributed by atoms with van der Waals surface area (Å²) < 4.78 is 20.1. The van der Waals surface area contributed by atoms with Gasteiger partial charge in [0.15, 0.2) is 0 Å². The number of halogens is 2. The van der Waals surface area contributed by atoms with Crippen LogP contribution in [0.1, 0.15) is 17.2 Å². The quantitative estimate of drug-likeness (QED) is 0.435. The summed E-state index contributed by atoms with van der Waals surface area (Å²) in [7, 11) is 0. The number of morpholine rings is 1. The highest BCUT2D eigenvalue weighted by Crippen LogP contribution is 2.40. The second-order valence-electron chi connectivity index (χ2n) is 7.47. The normalized spacial score (nSPS) is 21.6. The monoisotopic (exact) mass is 444 g/mol. The fourth-order valence-corrected chi connectivity index (χ4v) is 4.09. The molecule has 2 aliphatic heterocycles. The number of rotatable bonds is 5. The smallest absolute Gasteiger partial charge is 0.295 e. The Hall–Kier alpha value is -2.74. The van der Waals surface area contributed by atoms with Crippen LogP contribution in [0.15, 0.2) is 54.1 Å². The number of hydrogen-bond acceptors (Lipinski definition) is 5. The van der Waals surface area contributed by atoms with E-state index in [1.165, 1.54) is 23.1 Å². The average Bonchev–Trinajstić information content (AvgIpc) is 3.03. The van der Waals surface area contributed by atoms with Crippen LogP contribution >= 0.6 is 11.6 Å². The van der Waals surface area contributed by atoms with Gasteiger partial charge in [-0.2, -0.15) is 0 Å². The number of ketones is 1. The zero-order valence-electron chi connectivity index (χ0n) is 16.8. The lowest BCUT2D eigenvalue weighted by Crippen LogP contribution is -2.42. The molecule has 4 rings (SSSR count). The molecular weight excluding hydrogens is 423 g/mol. The molecule has 1 amide bonds. The Morgan fingerprint density at radius 3 is 2.42 bits per heavy atom. The third kappa shape index (κ3) is 4.35. The fraction of sp³-hybridized carbons (Fsp3) is 0.304. The van der Waals surface area contributed by atoms with E-state index < -0.39 is 23.5 Å². The number of carbonyl (C=O) groups excluding carboxylic acids is 2. The van der Waals surface area contributed by atoms with E-state index in [1.807, 2.05) is 0 Å². The van der Waals surface area contributed by atoms with E-state index in [0.29, 0.717) is 30.3 Å². The molecule has 2 saturated heterocycles. The predicted octanol–water partition coefficient (Wildman–Crippen LogP) is 3.23. The maximum Gasteiger partial charge on any atom is 0.295 e. The summed E-state index contributed by atoms with van der Waals surface area (Å²) in [6.45, 7) is 3.39. The highest BCUT2D eigenvalue weighted by atomic mass is 35.5. The zero-order chi connectivity index (χ0) is 22.0. The van der Waals surface area contributed by atoms with Gasteiger partial charge < -0.3 is 14.7 Å². The van der Waals surface area contributed by atoms with Crippen molar-refractivity contribution in [1.82, 2.24) is 9.80 Å². The van der Waals surface area contributed by atoms with Gasteiger partial charge in [0.1, 0.15) is 11.6 Å². The summed E-state index contributed by atoms with van der Waals surface area (Å²) in [4.78, 5) is 29.3. The molecule has 6 nitrogen and oxygen atoms in total. The van der Waals surface area contributed by atoms with E-state index >= 15 is 0 Å². The van der Waals surface area contributed by atoms with Crippen LogP contribution in [0, 0.1) is 5.82 Å². The van der Waals surface area contributed by atoms with Crippen LogP contribution in [0.5, 0.6) is 0 Å². The summed E-state index contributed by atoms with van der Waals surface area (Å²) in [5, 5.41) is 11.4. The molecule has 2 aliphatic rings. The van der Waals surface area contributed by atoms with Gasteiger partial charge in [-0.1, -0.05) is 29.8 Å². The van der Waals surface area contributed by atoms with Crippen molar-refractivity contribution in [3.8, 4) is 0 Å². The number of amides is 1. The lowest BCUT2D eigenvalue weighted by atomic mass is 9.95. The number of hydrogen-bond donors (Lipinski definition) is 1. The molecule has 1 atom stereocenters. The van der Waals surface area contributed by atoms with Gasteiger partial charge in [0, 0.05) is 42.3 Å². The molecule has 0 radical (unpaired) electrons. The van der Waals surface area contributed by atoms with Gasteiger partial charge in [0.25, 0.3) is 11.7 Å². The van der Waals surface area contributed by atoms with E-state index in [2.05, 4.69) is 4.90 Å². The standard InChI is InChI=1S/C23H22ClFN2O4/c24-16-7-5-15(6-8-16)21(28)19-20(17-3-1-2-4-18(17)25)27(23(30)22(19)29)10-9-26-11-13-31-14-12-26/h1-8,20,28H,9-14H2/t20-/m1/s1. The van der Waals surface area contributed by atoms with Crippen molar-refractivity contribution in [3.05, 3.63) is 76.1 Å². The van der Waals surface area contributed by atoms with Crippen molar-refractivity contribution >= 4 is 29.1 Å². The summed E-state index contributed by atoms with van der Waals surface area (Å²) in [6, 6.07) is 11.2. The first-order chi connectivity index (χ1) is 15.0. The minimum atomic E-state index is -1.02. The number of carbonyl (C=O) groups is 2. The lowest BCUT2D eigenvalue weighted by Gasteiger charge is -2.31. The maximum atomic E-state index is 14.8. The Balaban J connectivity index is 1.75. The number of aliphatic hydroxyl groups is 1. The molecule has 1 N–H and O–H groups in total. The topological polar surface area (TPSA) is 70.1 Å². The van der Waals surface area contributed by atoms with Crippen LogP contribution in [0.25, 0.3) is 5.76 Å². The van der Waals surface area contributed by atoms with Gasteiger partial charge in [-0.3, -0.25) is 14.5 Å². The molecule has 2 aromatic carbocycles. The Morgan fingerprint density at radius 2 is 1.74 bits per heavy atom. The molecule has 0 bridgehead atoms. The van der Waals surface area contributed by atoms with Gasteiger partial charge in [-0.05, 0) is 30.3 Å². The molecule has 2 fully saturated rings. The molecule has 8 heteroatoms.